The number of aromatic nitrogens is 2. The van der Waals surface area contributed by atoms with Gasteiger partial charge in [0.2, 0.25) is 0 Å². The van der Waals surface area contributed by atoms with E-state index in [1.54, 1.807) is 0 Å². The molecule has 0 fully saturated rings. The highest BCUT2D eigenvalue weighted by molar-refractivity contribution is 6.14. The van der Waals surface area contributed by atoms with E-state index in [0.29, 0.717) is 0 Å². The standard InChI is InChI=1S/C34H21N3/c1-2-10-24-21-25(20-19-22(24)9-1)33-34(36-29-16-5-4-15-28(29)35-33)37-30-17-6-3-13-26(30)27-14-7-11-23-12-8-18-31(37)32(23)27/h1-21H. The normalized spacial score (nSPS) is 12.3. The van der Waals surface area contributed by atoms with Crippen molar-refractivity contribution >= 4 is 49.8 Å². The summed E-state index contributed by atoms with van der Waals surface area (Å²) in [4.78, 5) is 12.8. The number of para-hydroxylation sites is 3. The molecule has 0 atom stereocenters. The molecule has 0 bridgehead atoms. The van der Waals surface area contributed by atoms with Gasteiger partial charge in [0.15, 0.2) is 5.82 Å². The highest BCUT2D eigenvalue weighted by Crippen LogP contribution is 2.51. The van der Waals surface area contributed by atoms with Crippen LogP contribution in [0.3, 0.4) is 0 Å². The lowest BCUT2D eigenvalue weighted by atomic mass is 9.91. The zero-order chi connectivity index (χ0) is 24.3. The molecule has 37 heavy (non-hydrogen) atoms. The monoisotopic (exact) mass is 471 g/mol. The van der Waals surface area contributed by atoms with Crippen LogP contribution in [-0.4, -0.2) is 9.97 Å². The first-order valence-corrected chi connectivity index (χ1v) is 12.5. The molecule has 0 aliphatic carbocycles. The molecular formula is C34H21N3. The maximum Gasteiger partial charge on any atom is 0.165 e. The summed E-state index contributed by atoms with van der Waals surface area (Å²) < 4.78 is 0. The van der Waals surface area contributed by atoms with Crippen molar-refractivity contribution in [2.75, 3.05) is 4.90 Å². The van der Waals surface area contributed by atoms with E-state index in [1.807, 2.05) is 24.3 Å². The van der Waals surface area contributed by atoms with Gasteiger partial charge in [-0.1, -0.05) is 97.1 Å². The van der Waals surface area contributed by atoms with Crippen molar-refractivity contribution in [3.05, 3.63) is 127 Å². The minimum atomic E-state index is 0.837. The van der Waals surface area contributed by atoms with Gasteiger partial charge in [0.25, 0.3) is 0 Å². The molecule has 0 N–H and O–H groups in total. The van der Waals surface area contributed by atoms with Gasteiger partial charge < -0.3 is 0 Å². The van der Waals surface area contributed by atoms with Crippen LogP contribution in [0, 0.1) is 0 Å². The molecule has 0 unspecified atom stereocenters. The summed E-state index contributed by atoms with van der Waals surface area (Å²) in [5.41, 5.74) is 8.38. The average Bonchev–Trinajstić information content (AvgIpc) is 2.97. The van der Waals surface area contributed by atoms with Crippen LogP contribution in [0.1, 0.15) is 0 Å². The van der Waals surface area contributed by atoms with Crippen molar-refractivity contribution in [3.63, 3.8) is 0 Å². The molecule has 0 amide bonds. The summed E-state index contributed by atoms with van der Waals surface area (Å²) in [6.45, 7) is 0. The number of hydrogen-bond donors (Lipinski definition) is 0. The maximum atomic E-state index is 5.28. The van der Waals surface area contributed by atoms with Gasteiger partial charge in [0.1, 0.15) is 5.69 Å². The fraction of sp³-hybridized carbons (Fsp3) is 0. The van der Waals surface area contributed by atoms with Gasteiger partial charge in [-0.2, -0.15) is 0 Å². The van der Waals surface area contributed by atoms with Crippen molar-refractivity contribution < 1.29 is 0 Å². The first-order valence-electron chi connectivity index (χ1n) is 12.5. The molecule has 2 heterocycles. The van der Waals surface area contributed by atoms with Gasteiger partial charge in [-0.15, -0.1) is 0 Å². The third kappa shape index (κ3) is 3.01. The summed E-state index contributed by atoms with van der Waals surface area (Å²) in [7, 11) is 0. The zero-order valence-corrected chi connectivity index (χ0v) is 20.0. The number of hydrogen-bond acceptors (Lipinski definition) is 3. The predicted molar refractivity (Wildman–Crippen MR) is 154 cm³/mol. The van der Waals surface area contributed by atoms with Crippen molar-refractivity contribution in [2.45, 2.75) is 0 Å². The average molecular weight is 472 g/mol. The van der Waals surface area contributed by atoms with Crippen LogP contribution in [0.2, 0.25) is 0 Å². The Morgan fingerprint density at radius 3 is 2.00 bits per heavy atom. The Labute approximate surface area is 214 Å². The van der Waals surface area contributed by atoms with E-state index in [1.165, 1.54) is 32.7 Å². The number of fused-ring (bicyclic) bond motifs is 4. The first kappa shape index (κ1) is 20.2. The Bertz CT molecular complexity index is 2000. The van der Waals surface area contributed by atoms with E-state index in [9.17, 15) is 0 Å². The van der Waals surface area contributed by atoms with E-state index < -0.39 is 0 Å². The van der Waals surface area contributed by atoms with Crippen molar-refractivity contribution in [1.29, 1.82) is 0 Å². The molecule has 0 saturated heterocycles. The van der Waals surface area contributed by atoms with Gasteiger partial charge >= 0.3 is 0 Å². The molecule has 8 rings (SSSR count). The van der Waals surface area contributed by atoms with Gasteiger partial charge in [-0.05, 0) is 52.1 Å². The van der Waals surface area contributed by atoms with Gasteiger partial charge in [0, 0.05) is 16.5 Å². The Kier molecular flexibility index (Phi) is 4.23. The molecule has 1 aliphatic rings. The van der Waals surface area contributed by atoms with E-state index in [0.717, 1.165) is 39.5 Å². The number of benzene rings is 6. The highest BCUT2D eigenvalue weighted by Gasteiger charge is 2.29. The van der Waals surface area contributed by atoms with Crippen LogP contribution in [0.25, 0.3) is 55.0 Å². The predicted octanol–water partition coefficient (Wildman–Crippen LogP) is 9.05. The second kappa shape index (κ2) is 7.74. The van der Waals surface area contributed by atoms with Crippen LogP contribution in [0.5, 0.6) is 0 Å². The lowest BCUT2D eigenvalue weighted by Gasteiger charge is -2.33. The molecule has 1 aromatic heterocycles. The largest absolute Gasteiger partial charge is 0.292 e. The van der Waals surface area contributed by atoms with Crippen LogP contribution < -0.4 is 4.90 Å². The van der Waals surface area contributed by atoms with Crippen molar-refractivity contribution in [1.82, 2.24) is 9.97 Å². The number of nitrogens with zero attached hydrogens (tertiary/aromatic N) is 3. The first-order chi connectivity index (χ1) is 18.3. The molecule has 6 aromatic carbocycles. The van der Waals surface area contributed by atoms with Crippen LogP contribution in [0.15, 0.2) is 127 Å². The Hall–Kier alpha value is -5.02. The topological polar surface area (TPSA) is 29.0 Å². The quantitative estimate of drug-likeness (QED) is 0.252. The molecule has 0 radical (unpaired) electrons. The van der Waals surface area contributed by atoms with Gasteiger partial charge in [0.05, 0.1) is 22.4 Å². The van der Waals surface area contributed by atoms with E-state index >= 15 is 0 Å². The lowest BCUT2D eigenvalue weighted by molar-refractivity contribution is 1.18. The van der Waals surface area contributed by atoms with Crippen LogP contribution in [0.4, 0.5) is 17.2 Å². The van der Waals surface area contributed by atoms with E-state index in [4.69, 9.17) is 9.97 Å². The minimum Gasteiger partial charge on any atom is -0.292 e. The Morgan fingerprint density at radius 1 is 0.459 bits per heavy atom. The third-order valence-corrected chi connectivity index (χ3v) is 7.35. The highest BCUT2D eigenvalue weighted by atomic mass is 15.2. The van der Waals surface area contributed by atoms with Gasteiger partial charge in [-0.25, -0.2) is 9.97 Å². The third-order valence-electron chi connectivity index (χ3n) is 7.35. The SMILES string of the molecule is c1ccc2c(c1)-c1cccc3cccc(c13)N2c1nc2ccccc2nc1-c1ccc2ccccc2c1. The summed E-state index contributed by atoms with van der Waals surface area (Å²) in [6.07, 6.45) is 0. The van der Waals surface area contributed by atoms with E-state index in [-0.39, 0.29) is 0 Å². The number of rotatable bonds is 2. The molecule has 7 aromatic rings. The molecule has 0 saturated carbocycles. The molecule has 3 heteroatoms. The van der Waals surface area contributed by atoms with Crippen LogP contribution >= 0.6 is 0 Å². The minimum absolute atomic E-state index is 0.837. The Morgan fingerprint density at radius 2 is 1.11 bits per heavy atom. The van der Waals surface area contributed by atoms with Crippen molar-refractivity contribution in [3.8, 4) is 22.4 Å². The number of anilines is 3. The molecule has 1 aliphatic heterocycles. The van der Waals surface area contributed by atoms with Crippen molar-refractivity contribution in [2.24, 2.45) is 0 Å². The smallest absolute Gasteiger partial charge is 0.165 e. The molecule has 0 spiro atoms. The molecular weight excluding hydrogens is 450 g/mol. The molecule has 3 nitrogen and oxygen atoms in total. The summed E-state index contributed by atoms with van der Waals surface area (Å²) >= 11 is 0. The molecule has 172 valence electrons. The fourth-order valence-electron chi connectivity index (χ4n) is 5.66. The fourth-order valence-corrected chi connectivity index (χ4v) is 5.66. The Balaban J connectivity index is 1.49. The summed E-state index contributed by atoms with van der Waals surface area (Å²) in [5, 5.41) is 4.86. The maximum absolute atomic E-state index is 5.28. The van der Waals surface area contributed by atoms with Gasteiger partial charge in [-0.3, -0.25) is 4.90 Å². The van der Waals surface area contributed by atoms with E-state index in [2.05, 4.69) is 108 Å². The lowest BCUT2D eigenvalue weighted by Crippen LogP contribution is -2.17. The zero-order valence-electron chi connectivity index (χ0n) is 20.0. The second-order valence-electron chi connectivity index (χ2n) is 9.48. The summed E-state index contributed by atoms with van der Waals surface area (Å²) in [6, 6.07) is 44.8. The second-order valence-corrected chi connectivity index (χ2v) is 9.48. The van der Waals surface area contributed by atoms with Crippen LogP contribution in [-0.2, 0) is 0 Å². The summed E-state index contributed by atoms with van der Waals surface area (Å²) in [5.74, 6) is 0.837.